The molecular formula is C15H24ClN3O. The fourth-order valence-corrected chi connectivity index (χ4v) is 2.38. The first kappa shape index (κ1) is 16.8. The van der Waals surface area contributed by atoms with E-state index in [0.717, 1.165) is 19.4 Å². The Morgan fingerprint density at radius 1 is 1.35 bits per heavy atom. The van der Waals surface area contributed by atoms with Crippen LogP contribution in [0.2, 0.25) is 5.02 Å². The predicted molar refractivity (Wildman–Crippen MR) is 84.9 cm³/mol. The summed E-state index contributed by atoms with van der Waals surface area (Å²) < 4.78 is 0. The molecule has 0 aliphatic carbocycles. The van der Waals surface area contributed by atoms with E-state index < -0.39 is 0 Å². The average molecular weight is 298 g/mol. The molecule has 112 valence electrons. The number of hydrazine groups is 1. The van der Waals surface area contributed by atoms with Crippen LogP contribution in [-0.2, 0) is 0 Å². The quantitative estimate of drug-likeness (QED) is 0.598. The van der Waals surface area contributed by atoms with Crippen molar-refractivity contribution in [3.63, 3.8) is 0 Å². The lowest BCUT2D eigenvalue weighted by Crippen LogP contribution is -2.35. The molecule has 0 atom stereocenters. The van der Waals surface area contributed by atoms with Crippen molar-refractivity contribution >= 4 is 23.2 Å². The van der Waals surface area contributed by atoms with E-state index in [9.17, 15) is 4.79 Å². The number of carbonyl (C=O) groups excluding carboxylic acids is 1. The van der Waals surface area contributed by atoms with Crippen molar-refractivity contribution in [2.45, 2.75) is 33.6 Å². The van der Waals surface area contributed by atoms with Gasteiger partial charge in [-0.25, -0.2) is 0 Å². The van der Waals surface area contributed by atoms with Gasteiger partial charge in [0.2, 0.25) is 0 Å². The standard InChI is InChI=1S/C15H24ClN3O/c1-4-11(5-2)10-19(6-3)15(20)13-9-12(16)7-8-14(13)18-17/h7-9,11,18H,4-6,10,17H2,1-3H3. The fourth-order valence-electron chi connectivity index (χ4n) is 2.20. The van der Waals surface area contributed by atoms with Crippen LogP contribution in [0, 0.1) is 5.92 Å². The molecule has 0 spiro atoms. The maximum atomic E-state index is 12.6. The van der Waals surface area contributed by atoms with Gasteiger partial charge in [-0.15, -0.1) is 0 Å². The minimum atomic E-state index is -0.0325. The molecule has 0 bridgehead atoms. The Labute approximate surface area is 126 Å². The van der Waals surface area contributed by atoms with E-state index in [1.54, 1.807) is 18.2 Å². The van der Waals surface area contributed by atoms with Crippen LogP contribution in [0.3, 0.4) is 0 Å². The van der Waals surface area contributed by atoms with E-state index in [1.807, 2.05) is 11.8 Å². The Hall–Kier alpha value is -1.26. The van der Waals surface area contributed by atoms with E-state index in [4.69, 9.17) is 17.4 Å². The number of nitrogens with two attached hydrogens (primary N) is 1. The maximum absolute atomic E-state index is 12.6. The van der Waals surface area contributed by atoms with Crippen LogP contribution in [-0.4, -0.2) is 23.9 Å². The van der Waals surface area contributed by atoms with E-state index >= 15 is 0 Å². The second kappa shape index (κ2) is 8.12. The molecule has 0 aliphatic rings. The monoisotopic (exact) mass is 297 g/mol. The number of hydrogen-bond donors (Lipinski definition) is 2. The van der Waals surface area contributed by atoms with Gasteiger partial charge in [-0.3, -0.25) is 10.6 Å². The molecule has 0 aromatic heterocycles. The molecule has 0 heterocycles. The van der Waals surface area contributed by atoms with Crippen molar-refractivity contribution in [2.24, 2.45) is 11.8 Å². The molecule has 0 saturated heterocycles. The molecule has 1 aromatic carbocycles. The summed E-state index contributed by atoms with van der Waals surface area (Å²) >= 11 is 5.99. The van der Waals surface area contributed by atoms with Crippen molar-refractivity contribution in [3.05, 3.63) is 28.8 Å². The van der Waals surface area contributed by atoms with Crippen molar-refractivity contribution in [1.82, 2.24) is 4.90 Å². The lowest BCUT2D eigenvalue weighted by molar-refractivity contribution is 0.0736. The Morgan fingerprint density at radius 3 is 2.50 bits per heavy atom. The minimum absolute atomic E-state index is 0.0325. The van der Waals surface area contributed by atoms with Crippen molar-refractivity contribution in [1.29, 1.82) is 0 Å². The summed E-state index contributed by atoms with van der Waals surface area (Å²) in [6.45, 7) is 7.72. The topological polar surface area (TPSA) is 58.4 Å². The molecule has 20 heavy (non-hydrogen) atoms. The summed E-state index contributed by atoms with van der Waals surface area (Å²) in [7, 11) is 0. The number of benzene rings is 1. The molecule has 1 amide bonds. The summed E-state index contributed by atoms with van der Waals surface area (Å²) in [4.78, 5) is 14.5. The van der Waals surface area contributed by atoms with E-state index in [1.165, 1.54) is 0 Å². The first-order chi connectivity index (χ1) is 9.57. The Balaban J connectivity index is 2.98. The van der Waals surface area contributed by atoms with E-state index in [-0.39, 0.29) is 5.91 Å². The predicted octanol–water partition coefficient (Wildman–Crippen LogP) is 3.52. The maximum Gasteiger partial charge on any atom is 0.256 e. The van der Waals surface area contributed by atoms with Crippen LogP contribution in [0.5, 0.6) is 0 Å². The summed E-state index contributed by atoms with van der Waals surface area (Å²) in [5.41, 5.74) is 3.68. The van der Waals surface area contributed by atoms with Crippen LogP contribution >= 0.6 is 11.6 Å². The molecular weight excluding hydrogens is 274 g/mol. The molecule has 0 radical (unpaired) electrons. The Bertz CT molecular complexity index is 447. The summed E-state index contributed by atoms with van der Waals surface area (Å²) in [5, 5.41) is 0.533. The minimum Gasteiger partial charge on any atom is -0.339 e. The summed E-state index contributed by atoms with van der Waals surface area (Å²) in [6.07, 6.45) is 2.13. The van der Waals surface area contributed by atoms with Gasteiger partial charge in [0.05, 0.1) is 11.3 Å². The average Bonchev–Trinajstić information content (AvgIpc) is 2.48. The van der Waals surface area contributed by atoms with Crippen LogP contribution in [0.4, 0.5) is 5.69 Å². The van der Waals surface area contributed by atoms with Crippen LogP contribution in [0.1, 0.15) is 44.0 Å². The third kappa shape index (κ3) is 4.12. The summed E-state index contributed by atoms with van der Waals surface area (Å²) in [5.74, 6) is 5.96. The number of amides is 1. The third-order valence-corrected chi connectivity index (χ3v) is 3.90. The molecule has 1 aromatic rings. The zero-order chi connectivity index (χ0) is 15.1. The summed E-state index contributed by atoms with van der Waals surface area (Å²) in [6, 6.07) is 5.10. The SMILES string of the molecule is CCC(CC)CN(CC)C(=O)c1cc(Cl)ccc1NN. The second-order valence-corrected chi connectivity index (χ2v) is 5.30. The highest BCUT2D eigenvalue weighted by Gasteiger charge is 2.20. The van der Waals surface area contributed by atoms with Crippen molar-refractivity contribution in [3.8, 4) is 0 Å². The smallest absolute Gasteiger partial charge is 0.256 e. The van der Waals surface area contributed by atoms with Gasteiger partial charge in [-0.2, -0.15) is 0 Å². The first-order valence-electron chi connectivity index (χ1n) is 7.12. The van der Waals surface area contributed by atoms with Gasteiger partial charge in [0.1, 0.15) is 0 Å². The highest BCUT2D eigenvalue weighted by molar-refractivity contribution is 6.31. The molecule has 3 N–H and O–H groups in total. The third-order valence-electron chi connectivity index (χ3n) is 3.67. The van der Waals surface area contributed by atoms with Crippen LogP contribution in [0.25, 0.3) is 0 Å². The lowest BCUT2D eigenvalue weighted by Gasteiger charge is -2.26. The molecule has 0 unspecified atom stereocenters. The molecule has 0 fully saturated rings. The van der Waals surface area contributed by atoms with Crippen molar-refractivity contribution in [2.75, 3.05) is 18.5 Å². The Kier molecular flexibility index (Phi) is 6.82. The van der Waals surface area contributed by atoms with E-state index in [0.29, 0.717) is 28.7 Å². The lowest BCUT2D eigenvalue weighted by atomic mass is 10.0. The van der Waals surface area contributed by atoms with Crippen LogP contribution in [0.15, 0.2) is 18.2 Å². The number of nitrogens with one attached hydrogen (secondary N) is 1. The van der Waals surface area contributed by atoms with E-state index in [2.05, 4.69) is 19.3 Å². The number of halogens is 1. The second-order valence-electron chi connectivity index (χ2n) is 4.86. The van der Waals surface area contributed by atoms with Gasteiger partial charge < -0.3 is 10.3 Å². The zero-order valence-electron chi connectivity index (χ0n) is 12.4. The molecule has 5 heteroatoms. The number of nitrogen functional groups attached to an aromatic ring is 1. The number of rotatable bonds is 7. The number of carbonyl (C=O) groups is 1. The van der Waals surface area contributed by atoms with Gasteiger partial charge in [0, 0.05) is 18.1 Å². The normalized spacial score (nSPS) is 10.7. The highest BCUT2D eigenvalue weighted by Crippen LogP contribution is 2.22. The number of anilines is 1. The van der Waals surface area contributed by atoms with Gasteiger partial charge in [0.15, 0.2) is 0 Å². The molecule has 0 saturated carbocycles. The van der Waals surface area contributed by atoms with Crippen molar-refractivity contribution < 1.29 is 4.79 Å². The molecule has 4 nitrogen and oxygen atoms in total. The van der Waals surface area contributed by atoms with Gasteiger partial charge in [-0.05, 0) is 31.0 Å². The highest BCUT2D eigenvalue weighted by atomic mass is 35.5. The van der Waals surface area contributed by atoms with Crippen LogP contribution < -0.4 is 11.3 Å². The molecule has 1 rings (SSSR count). The number of nitrogens with zero attached hydrogens (tertiary/aromatic N) is 1. The zero-order valence-corrected chi connectivity index (χ0v) is 13.2. The number of hydrogen-bond acceptors (Lipinski definition) is 3. The largest absolute Gasteiger partial charge is 0.339 e. The molecule has 0 aliphatic heterocycles. The van der Waals surface area contributed by atoms with Gasteiger partial charge in [-0.1, -0.05) is 38.3 Å². The first-order valence-corrected chi connectivity index (χ1v) is 7.50. The fraction of sp³-hybridized carbons (Fsp3) is 0.533. The Morgan fingerprint density at radius 2 is 2.00 bits per heavy atom. The van der Waals surface area contributed by atoms with Gasteiger partial charge in [0.25, 0.3) is 5.91 Å². The van der Waals surface area contributed by atoms with Gasteiger partial charge >= 0.3 is 0 Å².